The van der Waals surface area contributed by atoms with Crippen molar-refractivity contribution in [1.82, 2.24) is 4.90 Å². The van der Waals surface area contributed by atoms with Crippen LogP contribution in [0.15, 0.2) is 77.1 Å². The van der Waals surface area contributed by atoms with Crippen molar-refractivity contribution < 1.29 is 14.3 Å². The number of hydrogen-bond acceptors (Lipinski definition) is 4. The largest absolute Gasteiger partial charge is 0.493 e. The van der Waals surface area contributed by atoms with Crippen LogP contribution in [-0.2, 0) is 9.59 Å². The molecule has 0 saturated carbocycles. The quantitative estimate of drug-likeness (QED) is 0.478. The first-order valence-corrected chi connectivity index (χ1v) is 10.0. The molecule has 5 heteroatoms. The van der Waals surface area contributed by atoms with E-state index in [0.717, 1.165) is 10.6 Å². The molecule has 2 aromatic carbocycles. The van der Waals surface area contributed by atoms with Crippen molar-refractivity contribution in [3.05, 3.63) is 77.7 Å². The van der Waals surface area contributed by atoms with E-state index in [2.05, 4.69) is 20.4 Å². The summed E-state index contributed by atoms with van der Waals surface area (Å²) in [6.45, 7) is 8.65. The van der Waals surface area contributed by atoms with E-state index in [1.54, 1.807) is 6.08 Å². The van der Waals surface area contributed by atoms with Gasteiger partial charge in [-0.1, -0.05) is 62.0 Å². The van der Waals surface area contributed by atoms with E-state index in [4.69, 9.17) is 4.74 Å². The molecule has 1 aliphatic heterocycles. The number of ether oxygens (including phenoxy) is 1. The van der Waals surface area contributed by atoms with Crippen LogP contribution in [0.2, 0.25) is 0 Å². The summed E-state index contributed by atoms with van der Waals surface area (Å²) in [5, 5.41) is 0. The van der Waals surface area contributed by atoms with Gasteiger partial charge in [0.2, 0.25) is 0 Å². The van der Waals surface area contributed by atoms with Gasteiger partial charge >= 0.3 is 0 Å². The molecule has 4 nitrogen and oxygen atoms in total. The number of thioether (sulfide) groups is 1. The molecule has 0 fully saturated rings. The van der Waals surface area contributed by atoms with Crippen molar-refractivity contribution >= 4 is 29.1 Å². The van der Waals surface area contributed by atoms with Crippen LogP contribution >= 0.6 is 11.8 Å². The summed E-state index contributed by atoms with van der Waals surface area (Å²) < 4.78 is 5.72. The highest BCUT2D eigenvalue weighted by Gasteiger charge is 2.38. The van der Waals surface area contributed by atoms with Crippen molar-refractivity contribution in [2.24, 2.45) is 5.92 Å². The zero-order chi connectivity index (χ0) is 20.1. The molecule has 0 aromatic heterocycles. The first-order valence-electron chi connectivity index (χ1n) is 9.18. The number of carbonyl (C=O) groups is 2. The number of imide groups is 1. The molecule has 1 aliphatic rings. The minimum absolute atomic E-state index is 0.190. The Balaban J connectivity index is 1.95. The van der Waals surface area contributed by atoms with Crippen LogP contribution < -0.4 is 4.74 Å². The maximum absolute atomic E-state index is 13.0. The van der Waals surface area contributed by atoms with Gasteiger partial charge in [0.25, 0.3) is 11.8 Å². The second kappa shape index (κ2) is 8.93. The number of amides is 2. The van der Waals surface area contributed by atoms with E-state index < -0.39 is 0 Å². The van der Waals surface area contributed by atoms with Crippen LogP contribution in [-0.4, -0.2) is 29.9 Å². The molecule has 28 heavy (non-hydrogen) atoms. The van der Waals surface area contributed by atoms with Crippen molar-refractivity contribution in [1.29, 1.82) is 0 Å². The SMILES string of the molecule is C=CCN1C(=O)C(Sc2ccccc2)=C(c2ccc(OCC(C)C)cc2)C1=O. The lowest BCUT2D eigenvalue weighted by molar-refractivity contribution is -0.135. The average Bonchev–Trinajstić information content (AvgIpc) is 2.92. The first kappa shape index (κ1) is 20.0. The Kier molecular flexibility index (Phi) is 6.37. The fourth-order valence-corrected chi connectivity index (χ4v) is 3.82. The zero-order valence-corrected chi connectivity index (χ0v) is 16.9. The van der Waals surface area contributed by atoms with Crippen LogP contribution in [0.5, 0.6) is 5.75 Å². The lowest BCUT2D eigenvalue weighted by atomic mass is 10.1. The van der Waals surface area contributed by atoms with Crippen LogP contribution in [0.3, 0.4) is 0 Å². The Labute approximate surface area is 169 Å². The highest BCUT2D eigenvalue weighted by molar-refractivity contribution is 8.04. The van der Waals surface area contributed by atoms with Crippen LogP contribution in [0.25, 0.3) is 5.57 Å². The smallest absolute Gasteiger partial charge is 0.268 e. The number of rotatable bonds is 8. The molecule has 0 atom stereocenters. The number of nitrogens with zero attached hydrogens (tertiary/aromatic N) is 1. The van der Waals surface area contributed by atoms with Gasteiger partial charge in [0.15, 0.2) is 0 Å². The molecule has 0 aliphatic carbocycles. The predicted octanol–water partition coefficient (Wildman–Crippen LogP) is 4.78. The van der Waals surface area contributed by atoms with Crippen molar-refractivity contribution in [2.45, 2.75) is 18.7 Å². The second-order valence-electron chi connectivity index (χ2n) is 6.86. The molecule has 0 bridgehead atoms. The number of benzene rings is 2. The van der Waals surface area contributed by atoms with Gasteiger partial charge in [-0.25, -0.2) is 0 Å². The molecular weight excluding hydrogens is 370 g/mol. The zero-order valence-electron chi connectivity index (χ0n) is 16.1. The van der Waals surface area contributed by atoms with E-state index in [1.807, 2.05) is 54.6 Å². The molecule has 1 heterocycles. The van der Waals surface area contributed by atoms with Gasteiger partial charge in [-0.15, -0.1) is 6.58 Å². The monoisotopic (exact) mass is 393 g/mol. The molecule has 2 aromatic rings. The minimum atomic E-state index is -0.292. The van der Waals surface area contributed by atoms with E-state index in [1.165, 1.54) is 16.7 Å². The van der Waals surface area contributed by atoms with Gasteiger partial charge in [-0.2, -0.15) is 0 Å². The predicted molar refractivity (Wildman–Crippen MR) is 113 cm³/mol. The summed E-state index contributed by atoms with van der Waals surface area (Å²) in [7, 11) is 0. The summed E-state index contributed by atoms with van der Waals surface area (Å²) in [6.07, 6.45) is 1.56. The normalized spacial score (nSPS) is 14.2. The average molecular weight is 394 g/mol. The summed E-state index contributed by atoms with van der Waals surface area (Å²) in [4.78, 5) is 28.4. The van der Waals surface area contributed by atoms with E-state index in [9.17, 15) is 9.59 Å². The highest BCUT2D eigenvalue weighted by Crippen LogP contribution is 2.39. The maximum Gasteiger partial charge on any atom is 0.268 e. The van der Waals surface area contributed by atoms with Gasteiger partial charge in [-0.05, 0) is 35.7 Å². The Morgan fingerprint density at radius 2 is 1.71 bits per heavy atom. The third-order valence-electron chi connectivity index (χ3n) is 4.13. The fraction of sp³-hybridized carbons (Fsp3) is 0.217. The van der Waals surface area contributed by atoms with Gasteiger partial charge in [0.1, 0.15) is 5.75 Å². The van der Waals surface area contributed by atoms with Crippen molar-refractivity contribution in [2.75, 3.05) is 13.2 Å². The van der Waals surface area contributed by atoms with Crippen LogP contribution in [0.4, 0.5) is 0 Å². The summed E-state index contributed by atoms with van der Waals surface area (Å²) in [5.41, 5.74) is 1.14. The molecule has 0 unspecified atom stereocenters. The highest BCUT2D eigenvalue weighted by atomic mass is 32.2. The van der Waals surface area contributed by atoms with Gasteiger partial charge in [-0.3, -0.25) is 14.5 Å². The lowest BCUT2D eigenvalue weighted by Crippen LogP contribution is -2.31. The number of hydrogen-bond donors (Lipinski definition) is 0. The van der Waals surface area contributed by atoms with Gasteiger partial charge < -0.3 is 4.74 Å². The van der Waals surface area contributed by atoms with E-state index >= 15 is 0 Å². The number of carbonyl (C=O) groups excluding carboxylic acids is 2. The molecule has 144 valence electrons. The maximum atomic E-state index is 13.0. The molecule has 0 saturated heterocycles. The molecule has 0 spiro atoms. The molecule has 3 rings (SSSR count). The second-order valence-corrected chi connectivity index (χ2v) is 7.94. The Bertz CT molecular complexity index is 901. The Morgan fingerprint density at radius 1 is 1.04 bits per heavy atom. The molecule has 2 amide bonds. The van der Waals surface area contributed by atoms with Crippen LogP contribution in [0.1, 0.15) is 19.4 Å². The van der Waals surface area contributed by atoms with Crippen molar-refractivity contribution in [3.8, 4) is 5.75 Å². The lowest BCUT2D eigenvalue weighted by Gasteiger charge is -2.12. The molecular formula is C23H23NO3S. The summed E-state index contributed by atoms with van der Waals surface area (Å²) in [6, 6.07) is 16.9. The Morgan fingerprint density at radius 3 is 2.32 bits per heavy atom. The Hall–Kier alpha value is -2.79. The third-order valence-corrected chi connectivity index (χ3v) is 5.22. The first-order chi connectivity index (χ1) is 13.5. The summed E-state index contributed by atoms with van der Waals surface area (Å²) >= 11 is 1.32. The van der Waals surface area contributed by atoms with Gasteiger partial charge in [0.05, 0.1) is 17.1 Å². The minimum Gasteiger partial charge on any atom is -0.493 e. The molecule has 0 N–H and O–H groups in total. The van der Waals surface area contributed by atoms with Gasteiger partial charge in [0, 0.05) is 11.4 Å². The van der Waals surface area contributed by atoms with Crippen molar-refractivity contribution in [3.63, 3.8) is 0 Å². The molecule has 0 radical (unpaired) electrons. The van der Waals surface area contributed by atoms with Crippen LogP contribution in [0, 0.1) is 5.92 Å². The third kappa shape index (κ3) is 4.37. The topological polar surface area (TPSA) is 46.6 Å². The van der Waals surface area contributed by atoms with E-state index in [0.29, 0.717) is 28.6 Å². The van der Waals surface area contributed by atoms with E-state index in [-0.39, 0.29) is 18.4 Å². The summed E-state index contributed by atoms with van der Waals surface area (Å²) in [5.74, 6) is 0.598. The standard InChI is InChI=1S/C23H23NO3S/c1-4-14-24-22(25)20(17-10-12-18(13-11-17)27-15-16(2)3)21(23(24)26)28-19-8-6-5-7-9-19/h4-13,16H,1,14-15H2,2-3H3. The fourth-order valence-electron chi connectivity index (χ4n) is 2.79.